The summed E-state index contributed by atoms with van der Waals surface area (Å²) in [5, 5.41) is 8.18. The molecule has 2 N–H and O–H groups in total. The number of hydrogen-bond acceptors (Lipinski definition) is 4. The predicted molar refractivity (Wildman–Crippen MR) is 112 cm³/mol. The minimum Gasteiger partial charge on any atom is -0.349 e. The van der Waals surface area contributed by atoms with Gasteiger partial charge in [0.05, 0.1) is 11.5 Å². The number of nitrogens with one attached hydrogen (secondary N) is 2. The van der Waals surface area contributed by atoms with Crippen LogP contribution in [0.1, 0.15) is 47.2 Å². The van der Waals surface area contributed by atoms with Crippen molar-refractivity contribution in [2.24, 2.45) is 5.92 Å². The molecule has 6 nitrogen and oxygen atoms in total. The van der Waals surface area contributed by atoms with Crippen LogP contribution in [0.4, 0.5) is 10.7 Å². The first kappa shape index (κ1) is 18.4. The lowest BCUT2D eigenvalue weighted by Crippen LogP contribution is -2.29. The van der Waals surface area contributed by atoms with Gasteiger partial charge in [-0.25, -0.2) is 0 Å². The van der Waals surface area contributed by atoms with Crippen LogP contribution in [0, 0.1) is 5.92 Å². The largest absolute Gasteiger partial charge is 0.349 e. The maximum absolute atomic E-state index is 12.8. The first-order valence-electron chi connectivity index (χ1n) is 10.2. The van der Waals surface area contributed by atoms with Crippen molar-refractivity contribution in [3.63, 3.8) is 0 Å². The summed E-state index contributed by atoms with van der Waals surface area (Å²) in [6.07, 6.45) is 5.54. The summed E-state index contributed by atoms with van der Waals surface area (Å²) in [5.74, 6) is -0.797. The fourth-order valence-corrected chi connectivity index (χ4v) is 4.94. The minimum atomic E-state index is -0.419. The normalized spacial score (nSPS) is 20.6. The molecule has 2 fully saturated rings. The van der Waals surface area contributed by atoms with Crippen LogP contribution in [-0.4, -0.2) is 30.3 Å². The number of benzene rings is 1. The highest BCUT2D eigenvalue weighted by atomic mass is 32.1. The van der Waals surface area contributed by atoms with Gasteiger partial charge in [0.1, 0.15) is 5.00 Å². The van der Waals surface area contributed by atoms with E-state index in [1.165, 1.54) is 22.5 Å². The number of aryl methyl sites for hydroxylation is 2. The molecule has 2 aliphatic carbocycles. The molecule has 1 unspecified atom stereocenters. The quantitative estimate of drug-likeness (QED) is 0.796. The lowest BCUT2D eigenvalue weighted by molar-refractivity contribution is -0.122. The Labute approximate surface area is 173 Å². The van der Waals surface area contributed by atoms with E-state index >= 15 is 0 Å². The minimum absolute atomic E-state index is 0.0269. The highest BCUT2D eigenvalue weighted by Gasteiger charge is 2.36. The molecule has 1 saturated carbocycles. The lowest BCUT2D eigenvalue weighted by atomic mass is 10.1. The number of carbonyl (C=O) groups excluding carboxylic acids is 3. The first-order valence-corrected chi connectivity index (χ1v) is 11.1. The lowest BCUT2D eigenvalue weighted by Gasteiger charge is -2.18. The van der Waals surface area contributed by atoms with Crippen LogP contribution in [0.15, 0.2) is 29.6 Å². The van der Waals surface area contributed by atoms with Crippen LogP contribution in [-0.2, 0) is 22.4 Å². The van der Waals surface area contributed by atoms with Crippen LogP contribution >= 0.6 is 11.3 Å². The van der Waals surface area contributed by atoms with E-state index in [1.54, 1.807) is 16.3 Å². The summed E-state index contributed by atoms with van der Waals surface area (Å²) in [6.45, 7) is 0.373. The Hall–Kier alpha value is -2.67. The summed E-state index contributed by atoms with van der Waals surface area (Å²) in [7, 11) is 0. The van der Waals surface area contributed by atoms with Crippen molar-refractivity contribution >= 4 is 39.7 Å². The SMILES string of the molecule is O=C(NC1CC1)c1ccsc1NC(=O)C1CC(=O)N(c2ccc3c(c2)CCC3)C1. The molecule has 7 heteroatoms. The number of carbonyl (C=O) groups is 3. The van der Waals surface area contributed by atoms with E-state index in [1.807, 2.05) is 6.07 Å². The van der Waals surface area contributed by atoms with Gasteiger partial charge in [-0.2, -0.15) is 0 Å². The number of fused-ring (bicyclic) bond motifs is 1. The van der Waals surface area contributed by atoms with Gasteiger partial charge in [-0.3, -0.25) is 14.4 Å². The van der Waals surface area contributed by atoms with Crippen molar-refractivity contribution in [2.75, 3.05) is 16.8 Å². The fourth-order valence-electron chi connectivity index (χ4n) is 4.15. The van der Waals surface area contributed by atoms with Gasteiger partial charge < -0.3 is 15.5 Å². The smallest absolute Gasteiger partial charge is 0.254 e. The van der Waals surface area contributed by atoms with Crippen LogP contribution in [0.25, 0.3) is 0 Å². The first-order chi connectivity index (χ1) is 14.1. The van der Waals surface area contributed by atoms with Crippen molar-refractivity contribution in [2.45, 2.75) is 44.6 Å². The third-order valence-corrected chi connectivity index (χ3v) is 6.78. The molecule has 1 aromatic carbocycles. The highest BCUT2D eigenvalue weighted by molar-refractivity contribution is 7.14. The van der Waals surface area contributed by atoms with Gasteiger partial charge in [0.2, 0.25) is 11.8 Å². The maximum Gasteiger partial charge on any atom is 0.254 e. The Morgan fingerprint density at radius 1 is 1.10 bits per heavy atom. The zero-order valence-electron chi connectivity index (χ0n) is 16.1. The monoisotopic (exact) mass is 409 g/mol. The van der Waals surface area contributed by atoms with Gasteiger partial charge in [0.15, 0.2) is 0 Å². The summed E-state index contributed by atoms with van der Waals surface area (Å²) < 4.78 is 0. The molecule has 2 heterocycles. The van der Waals surface area contributed by atoms with Crippen LogP contribution < -0.4 is 15.5 Å². The van der Waals surface area contributed by atoms with Crippen molar-refractivity contribution in [3.8, 4) is 0 Å². The van der Waals surface area contributed by atoms with Gasteiger partial charge in [0.25, 0.3) is 5.91 Å². The number of hydrogen-bond donors (Lipinski definition) is 2. The summed E-state index contributed by atoms with van der Waals surface area (Å²) >= 11 is 1.33. The molecule has 3 amide bonds. The van der Waals surface area contributed by atoms with Gasteiger partial charge in [-0.1, -0.05) is 6.07 Å². The second-order valence-electron chi connectivity index (χ2n) is 8.11. The van der Waals surface area contributed by atoms with Gasteiger partial charge in [-0.05, 0) is 66.8 Å². The molecule has 3 aliphatic rings. The highest BCUT2D eigenvalue weighted by Crippen LogP contribution is 2.32. The van der Waals surface area contributed by atoms with E-state index in [0.717, 1.165) is 37.8 Å². The summed E-state index contributed by atoms with van der Waals surface area (Å²) in [5.41, 5.74) is 4.05. The third-order valence-electron chi connectivity index (χ3n) is 5.95. The van der Waals surface area contributed by atoms with E-state index < -0.39 is 5.92 Å². The molecule has 0 radical (unpaired) electrons. The maximum atomic E-state index is 12.8. The Morgan fingerprint density at radius 2 is 1.93 bits per heavy atom. The number of amides is 3. The van der Waals surface area contributed by atoms with E-state index in [2.05, 4.69) is 22.8 Å². The Kier molecular flexibility index (Phi) is 4.62. The van der Waals surface area contributed by atoms with E-state index in [4.69, 9.17) is 0 Å². The number of rotatable bonds is 5. The van der Waals surface area contributed by atoms with Gasteiger partial charge >= 0.3 is 0 Å². The van der Waals surface area contributed by atoms with Crippen molar-refractivity contribution in [1.82, 2.24) is 5.32 Å². The van der Waals surface area contributed by atoms with E-state index in [0.29, 0.717) is 17.1 Å². The fraction of sp³-hybridized carbons (Fsp3) is 0.409. The van der Waals surface area contributed by atoms with E-state index in [9.17, 15) is 14.4 Å². The second kappa shape index (κ2) is 7.30. The summed E-state index contributed by atoms with van der Waals surface area (Å²) in [4.78, 5) is 39.5. The molecular formula is C22H23N3O3S. The zero-order chi connectivity index (χ0) is 20.0. The van der Waals surface area contributed by atoms with Gasteiger partial charge in [0, 0.05) is 24.7 Å². The number of thiophene rings is 1. The molecule has 5 rings (SSSR count). The standard InChI is InChI=1S/C22H23N3O3S/c26-19-11-15(12-25(19)17-7-4-13-2-1-3-14(13)10-17)20(27)24-22-18(8-9-29-22)21(28)23-16-5-6-16/h4,7-10,15-16H,1-3,5-6,11-12H2,(H,23,28)(H,24,27). The Balaban J connectivity index is 1.26. The predicted octanol–water partition coefficient (Wildman–Crippen LogP) is 3.12. The molecule has 29 heavy (non-hydrogen) atoms. The molecule has 1 atom stereocenters. The van der Waals surface area contributed by atoms with Crippen LogP contribution in [0.5, 0.6) is 0 Å². The number of nitrogens with zero attached hydrogens (tertiary/aromatic N) is 1. The molecule has 2 aromatic rings. The Bertz CT molecular complexity index is 995. The molecule has 150 valence electrons. The third kappa shape index (κ3) is 3.67. The average molecular weight is 410 g/mol. The van der Waals surface area contributed by atoms with Crippen molar-refractivity contribution in [1.29, 1.82) is 0 Å². The topological polar surface area (TPSA) is 78.5 Å². The summed E-state index contributed by atoms with van der Waals surface area (Å²) in [6, 6.07) is 8.19. The average Bonchev–Trinajstić information content (AvgIpc) is 3.11. The molecule has 1 aromatic heterocycles. The number of anilines is 2. The van der Waals surface area contributed by atoms with E-state index in [-0.39, 0.29) is 30.2 Å². The molecule has 0 spiro atoms. The van der Waals surface area contributed by atoms with Crippen molar-refractivity contribution < 1.29 is 14.4 Å². The van der Waals surface area contributed by atoms with Crippen LogP contribution in [0.3, 0.4) is 0 Å². The molecule has 1 aliphatic heterocycles. The van der Waals surface area contributed by atoms with Crippen LogP contribution in [0.2, 0.25) is 0 Å². The molecular weight excluding hydrogens is 386 g/mol. The molecule has 1 saturated heterocycles. The second-order valence-corrected chi connectivity index (χ2v) is 9.03. The van der Waals surface area contributed by atoms with Crippen molar-refractivity contribution in [3.05, 3.63) is 46.3 Å². The van der Waals surface area contributed by atoms with Gasteiger partial charge in [-0.15, -0.1) is 11.3 Å². The molecule has 0 bridgehead atoms. The zero-order valence-corrected chi connectivity index (χ0v) is 16.9. The Morgan fingerprint density at radius 3 is 2.76 bits per heavy atom.